The Morgan fingerprint density at radius 2 is 2.37 bits per heavy atom. The first kappa shape index (κ1) is 11.5. The van der Waals surface area contributed by atoms with Crippen LogP contribution in [0.3, 0.4) is 0 Å². The zero-order valence-electron chi connectivity index (χ0n) is 9.53. The molecular formula is C10H8N6O2S. The largest absolute Gasteiger partial charge is 0.293 e. The molecule has 0 aromatic carbocycles. The number of nitrogens with one attached hydrogen (secondary N) is 2. The Labute approximate surface area is 110 Å². The molecule has 19 heavy (non-hydrogen) atoms. The predicted molar refractivity (Wildman–Crippen MR) is 68.9 cm³/mol. The van der Waals surface area contributed by atoms with Crippen LogP contribution in [0.15, 0.2) is 28.9 Å². The number of fused-ring (bicyclic) bond motifs is 1. The molecule has 3 rings (SSSR count). The highest BCUT2D eigenvalue weighted by Gasteiger charge is 2.09. The number of hydrogen-bond donors (Lipinski definition) is 2. The SMILES string of the molecule is O=C(Cn1cnc2sccc2c1=O)Nc1ncn[nH]1. The van der Waals surface area contributed by atoms with Crippen LogP contribution in [0.5, 0.6) is 0 Å². The van der Waals surface area contributed by atoms with E-state index in [1.165, 1.54) is 28.6 Å². The molecule has 0 radical (unpaired) electrons. The second kappa shape index (κ2) is 4.61. The summed E-state index contributed by atoms with van der Waals surface area (Å²) in [5.74, 6) is -0.141. The minimum absolute atomic E-state index is 0.127. The number of amides is 1. The minimum Gasteiger partial charge on any atom is -0.293 e. The Morgan fingerprint density at radius 3 is 3.16 bits per heavy atom. The van der Waals surface area contributed by atoms with Crippen molar-refractivity contribution in [3.8, 4) is 0 Å². The molecule has 0 fully saturated rings. The number of aromatic nitrogens is 5. The first-order valence-corrected chi connectivity index (χ1v) is 6.20. The third kappa shape index (κ3) is 2.22. The van der Waals surface area contributed by atoms with Crippen molar-refractivity contribution in [3.63, 3.8) is 0 Å². The van der Waals surface area contributed by atoms with Crippen LogP contribution >= 0.6 is 11.3 Å². The second-order valence-corrected chi connectivity index (χ2v) is 4.59. The van der Waals surface area contributed by atoms with Gasteiger partial charge in [-0.3, -0.25) is 19.5 Å². The van der Waals surface area contributed by atoms with Gasteiger partial charge in [-0.25, -0.2) is 10.1 Å². The highest BCUT2D eigenvalue weighted by molar-refractivity contribution is 7.16. The normalized spacial score (nSPS) is 10.7. The van der Waals surface area contributed by atoms with Gasteiger partial charge in [0.05, 0.1) is 11.7 Å². The average molecular weight is 276 g/mol. The number of rotatable bonds is 3. The van der Waals surface area contributed by atoms with Crippen LogP contribution in [-0.2, 0) is 11.3 Å². The molecule has 96 valence electrons. The molecule has 3 heterocycles. The lowest BCUT2D eigenvalue weighted by molar-refractivity contribution is -0.116. The number of H-pyrrole nitrogens is 1. The van der Waals surface area contributed by atoms with E-state index in [0.717, 1.165) is 0 Å². The van der Waals surface area contributed by atoms with Crippen LogP contribution in [0.4, 0.5) is 5.95 Å². The van der Waals surface area contributed by atoms with Crippen LogP contribution in [0.1, 0.15) is 0 Å². The van der Waals surface area contributed by atoms with E-state index >= 15 is 0 Å². The Kier molecular flexibility index (Phi) is 2.80. The van der Waals surface area contributed by atoms with Gasteiger partial charge in [-0.05, 0) is 11.4 Å². The zero-order valence-corrected chi connectivity index (χ0v) is 10.3. The number of hydrogen-bond acceptors (Lipinski definition) is 6. The van der Waals surface area contributed by atoms with Gasteiger partial charge in [0.15, 0.2) is 0 Å². The number of aromatic amines is 1. The number of anilines is 1. The highest BCUT2D eigenvalue weighted by atomic mass is 32.1. The smallest absolute Gasteiger partial charge is 0.262 e. The predicted octanol–water partition coefficient (Wildman–Crippen LogP) is 0.215. The summed E-state index contributed by atoms with van der Waals surface area (Å²) >= 11 is 1.38. The zero-order chi connectivity index (χ0) is 13.2. The number of carbonyl (C=O) groups excluding carboxylic acids is 1. The fourth-order valence-corrected chi connectivity index (χ4v) is 2.32. The quantitative estimate of drug-likeness (QED) is 0.711. The summed E-state index contributed by atoms with van der Waals surface area (Å²) in [5, 5.41) is 10.9. The number of carbonyl (C=O) groups is 1. The first-order valence-electron chi connectivity index (χ1n) is 5.32. The topological polar surface area (TPSA) is 106 Å². The lowest BCUT2D eigenvalue weighted by atomic mass is 10.4. The summed E-state index contributed by atoms with van der Waals surface area (Å²) < 4.78 is 1.25. The molecule has 3 aromatic heterocycles. The molecule has 0 saturated heterocycles. The molecule has 0 unspecified atom stereocenters. The summed E-state index contributed by atoms with van der Waals surface area (Å²) in [4.78, 5) is 32.3. The second-order valence-electron chi connectivity index (χ2n) is 3.70. The molecule has 3 aromatic rings. The lowest BCUT2D eigenvalue weighted by Gasteiger charge is -2.04. The molecule has 0 spiro atoms. The maximum atomic E-state index is 12.0. The van der Waals surface area contributed by atoms with Crippen molar-refractivity contribution in [1.82, 2.24) is 24.7 Å². The molecule has 0 aliphatic heterocycles. The Balaban J connectivity index is 1.83. The molecular weight excluding hydrogens is 268 g/mol. The van der Waals surface area contributed by atoms with Gasteiger partial charge in [-0.2, -0.15) is 10.1 Å². The van der Waals surface area contributed by atoms with Crippen molar-refractivity contribution >= 4 is 33.4 Å². The van der Waals surface area contributed by atoms with Gasteiger partial charge in [-0.15, -0.1) is 11.3 Å². The maximum absolute atomic E-state index is 12.0. The van der Waals surface area contributed by atoms with Crippen molar-refractivity contribution in [2.24, 2.45) is 0 Å². The van der Waals surface area contributed by atoms with Crippen molar-refractivity contribution in [2.75, 3.05) is 5.32 Å². The summed E-state index contributed by atoms with van der Waals surface area (Å²) in [6.45, 7) is -0.127. The van der Waals surface area contributed by atoms with E-state index in [4.69, 9.17) is 0 Å². The summed E-state index contributed by atoms with van der Waals surface area (Å²) in [6.07, 6.45) is 2.64. The van der Waals surface area contributed by atoms with Gasteiger partial charge in [-0.1, -0.05) is 0 Å². The van der Waals surface area contributed by atoms with Crippen molar-refractivity contribution in [1.29, 1.82) is 0 Å². The van der Waals surface area contributed by atoms with Crippen LogP contribution in [-0.4, -0.2) is 30.6 Å². The molecule has 0 atom stereocenters. The van der Waals surface area contributed by atoms with Gasteiger partial charge in [0.2, 0.25) is 11.9 Å². The molecule has 0 bridgehead atoms. The van der Waals surface area contributed by atoms with Crippen LogP contribution in [0.2, 0.25) is 0 Å². The standard InChI is InChI=1S/C10H8N6O2S/c17-7(14-10-11-4-13-15-10)3-16-5-12-8-6(9(16)18)1-2-19-8/h1-2,4-5H,3H2,(H2,11,13,14,15,17). The van der Waals surface area contributed by atoms with Crippen molar-refractivity contribution in [3.05, 3.63) is 34.5 Å². The van der Waals surface area contributed by atoms with Crippen LogP contribution in [0.25, 0.3) is 10.2 Å². The molecule has 0 saturated carbocycles. The van der Waals surface area contributed by atoms with Gasteiger partial charge in [0, 0.05) is 0 Å². The fraction of sp³-hybridized carbons (Fsp3) is 0.100. The van der Waals surface area contributed by atoms with Crippen LogP contribution < -0.4 is 10.9 Å². The van der Waals surface area contributed by atoms with Gasteiger partial charge in [0.1, 0.15) is 17.7 Å². The van der Waals surface area contributed by atoms with Crippen molar-refractivity contribution in [2.45, 2.75) is 6.54 Å². The number of thiophene rings is 1. The Bertz CT molecular complexity index is 775. The lowest BCUT2D eigenvalue weighted by Crippen LogP contribution is -2.27. The monoisotopic (exact) mass is 276 g/mol. The van der Waals surface area contributed by atoms with E-state index in [-0.39, 0.29) is 24.0 Å². The summed E-state index contributed by atoms with van der Waals surface area (Å²) in [5.41, 5.74) is -0.237. The van der Waals surface area contributed by atoms with Gasteiger partial charge >= 0.3 is 0 Å². The maximum Gasteiger partial charge on any atom is 0.262 e. The van der Waals surface area contributed by atoms with E-state index in [9.17, 15) is 9.59 Å². The summed E-state index contributed by atoms with van der Waals surface area (Å²) in [7, 11) is 0. The first-order chi connectivity index (χ1) is 9.24. The van der Waals surface area contributed by atoms with E-state index in [0.29, 0.717) is 10.2 Å². The third-order valence-corrected chi connectivity index (χ3v) is 3.26. The Hall–Kier alpha value is -2.55. The molecule has 0 aliphatic carbocycles. The fourth-order valence-electron chi connectivity index (χ4n) is 1.60. The third-order valence-electron chi connectivity index (χ3n) is 2.44. The van der Waals surface area contributed by atoms with Gasteiger partial charge < -0.3 is 0 Å². The molecule has 0 aliphatic rings. The van der Waals surface area contributed by atoms with E-state index in [1.54, 1.807) is 11.4 Å². The Morgan fingerprint density at radius 1 is 1.47 bits per heavy atom. The number of nitrogens with zero attached hydrogens (tertiary/aromatic N) is 4. The van der Waals surface area contributed by atoms with E-state index in [1.807, 2.05) is 0 Å². The minimum atomic E-state index is -0.379. The highest BCUT2D eigenvalue weighted by Crippen LogP contribution is 2.13. The van der Waals surface area contributed by atoms with E-state index < -0.39 is 0 Å². The molecule has 8 nitrogen and oxygen atoms in total. The summed E-state index contributed by atoms with van der Waals surface area (Å²) in [6, 6.07) is 1.69. The van der Waals surface area contributed by atoms with E-state index in [2.05, 4.69) is 25.5 Å². The molecule has 9 heteroatoms. The average Bonchev–Trinajstić information content (AvgIpc) is 3.03. The van der Waals surface area contributed by atoms with Crippen LogP contribution in [0, 0.1) is 0 Å². The molecule has 2 N–H and O–H groups in total. The molecule has 1 amide bonds. The van der Waals surface area contributed by atoms with Crippen molar-refractivity contribution < 1.29 is 4.79 Å². The van der Waals surface area contributed by atoms with Gasteiger partial charge in [0.25, 0.3) is 5.56 Å².